The van der Waals surface area contributed by atoms with E-state index in [1.165, 1.54) is 32.1 Å². The van der Waals surface area contributed by atoms with Gasteiger partial charge in [0.15, 0.2) is 19.2 Å². The van der Waals surface area contributed by atoms with Gasteiger partial charge in [-0.15, -0.1) is 0 Å². The molecule has 2 rings (SSSR count). The standard InChI is InChI=1S/C16H17N2O6P.Na/c1-9-14(8-15(10(2)19)11(3)20)16(21)18(17-9)12-4-6-13(7-5-12)25(22,23)24;/h4-8,17H,1-3H3,(H2,22,23,24);/q;+1/p-1. The molecular weight excluding hydrogens is 370 g/mol. The summed E-state index contributed by atoms with van der Waals surface area (Å²) in [5, 5.41) is 2.52. The van der Waals surface area contributed by atoms with Crippen molar-refractivity contribution in [1.82, 2.24) is 9.78 Å². The molecule has 1 unspecified atom stereocenters. The summed E-state index contributed by atoms with van der Waals surface area (Å²) in [5.41, 5.74) is 0.331. The largest absolute Gasteiger partial charge is 1.00 e. The summed E-state index contributed by atoms with van der Waals surface area (Å²) in [4.78, 5) is 55.7. The molecule has 0 fully saturated rings. The Morgan fingerprint density at radius 2 is 1.69 bits per heavy atom. The maximum atomic E-state index is 12.6. The third-order valence-electron chi connectivity index (χ3n) is 3.60. The van der Waals surface area contributed by atoms with Crippen molar-refractivity contribution in [3.63, 3.8) is 0 Å². The number of aryl methyl sites for hydroxylation is 1. The smallest absolute Gasteiger partial charge is 0.775 e. The summed E-state index contributed by atoms with van der Waals surface area (Å²) < 4.78 is 12.2. The average molecular weight is 386 g/mol. The van der Waals surface area contributed by atoms with Crippen LogP contribution in [0.3, 0.4) is 0 Å². The molecule has 0 aliphatic rings. The third kappa shape index (κ3) is 4.79. The van der Waals surface area contributed by atoms with Crippen LogP contribution in [0.4, 0.5) is 0 Å². The van der Waals surface area contributed by atoms with Crippen molar-refractivity contribution in [2.24, 2.45) is 0 Å². The van der Waals surface area contributed by atoms with E-state index in [0.717, 1.165) is 16.8 Å². The number of hydrogen-bond acceptors (Lipinski definition) is 5. The predicted octanol–water partition coefficient (Wildman–Crippen LogP) is -2.79. The first-order valence-electron chi connectivity index (χ1n) is 7.22. The molecule has 1 aromatic heterocycles. The van der Waals surface area contributed by atoms with Crippen molar-refractivity contribution in [3.05, 3.63) is 51.4 Å². The van der Waals surface area contributed by atoms with Gasteiger partial charge in [-0.05, 0) is 51.1 Å². The number of nitrogens with one attached hydrogen (secondary N) is 1. The van der Waals surface area contributed by atoms with Crippen molar-refractivity contribution in [3.8, 4) is 5.69 Å². The maximum Gasteiger partial charge on any atom is 1.00 e. The first-order valence-corrected chi connectivity index (χ1v) is 8.80. The molecule has 2 aromatic rings. The minimum atomic E-state index is -4.62. The Morgan fingerprint density at radius 1 is 1.19 bits per heavy atom. The molecule has 0 radical (unpaired) electrons. The number of Topliss-reactive ketones (excluding diaryl/α,β-unsaturated/α-hetero) is 2. The summed E-state index contributed by atoms with van der Waals surface area (Å²) in [6.07, 6.45) is 1.24. The monoisotopic (exact) mass is 386 g/mol. The topological polar surface area (TPSA) is 132 Å². The van der Waals surface area contributed by atoms with Crippen LogP contribution in [-0.2, 0) is 14.2 Å². The van der Waals surface area contributed by atoms with Crippen LogP contribution in [0.15, 0.2) is 34.6 Å². The number of nitrogens with zero attached hydrogens (tertiary/aromatic N) is 1. The summed E-state index contributed by atoms with van der Waals surface area (Å²) in [6, 6.07) is 5.02. The zero-order valence-corrected chi connectivity index (χ0v) is 17.7. The van der Waals surface area contributed by atoms with Gasteiger partial charge in [-0.1, -0.05) is 0 Å². The second-order valence-electron chi connectivity index (χ2n) is 5.50. The van der Waals surface area contributed by atoms with Gasteiger partial charge in [-0.2, -0.15) is 0 Å². The molecule has 0 aliphatic carbocycles. The Kier molecular flexibility index (Phi) is 7.30. The molecule has 1 atom stereocenters. The van der Waals surface area contributed by atoms with E-state index >= 15 is 0 Å². The molecule has 0 aliphatic heterocycles. The number of aromatic amines is 1. The van der Waals surface area contributed by atoms with Gasteiger partial charge in [-0.25, -0.2) is 4.68 Å². The minimum absolute atomic E-state index is 0. The second kappa shape index (κ2) is 8.43. The Morgan fingerprint density at radius 3 is 2.12 bits per heavy atom. The third-order valence-corrected chi connectivity index (χ3v) is 4.55. The van der Waals surface area contributed by atoms with Crippen molar-refractivity contribution in [1.29, 1.82) is 0 Å². The minimum Gasteiger partial charge on any atom is -0.775 e. The summed E-state index contributed by atoms with van der Waals surface area (Å²) in [5.74, 6) is -0.893. The van der Waals surface area contributed by atoms with Crippen molar-refractivity contribution in [2.75, 3.05) is 0 Å². The van der Waals surface area contributed by atoms with Gasteiger partial charge in [-0.3, -0.25) is 19.5 Å². The number of carbonyl (C=O) groups excluding carboxylic acids is 2. The molecule has 0 saturated carbocycles. The van der Waals surface area contributed by atoms with Gasteiger partial charge < -0.3 is 14.4 Å². The molecule has 2 N–H and O–H groups in total. The van der Waals surface area contributed by atoms with E-state index in [2.05, 4.69) is 5.10 Å². The van der Waals surface area contributed by atoms with Crippen LogP contribution in [0.5, 0.6) is 0 Å². The van der Waals surface area contributed by atoms with Crippen LogP contribution in [0.1, 0.15) is 25.1 Å². The normalized spacial score (nSPS) is 12.7. The van der Waals surface area contributed by atoms with Crippen molar-refractivity contribution >= 4 is 30.5 Å². The molecule has 1 heterocycles. The maximum absolute atomic E-state index is 12.6. The molecule has 0 saturated heterocycles. The Balaban J connectivity index is 0.00000338. The molecule has 8 nitrogen and oxygen atoms in total. The Hall–Kier alpha value is -1.54. The Labute approximate surface area is 171 Å². The van der Waals surface area contributed by atoms with Gasteiger partial charge in [0.25, 0.3) is 5.56 Å². The van der Waals surface area contributed by atoms with Gasteiger partial charge in [0.05, 0.1) is 16.8 Å². The molecule has 26 heavy (non-hydrogen) atoms. The van der Waals surface area contributed by atoms with Crippen LogP contribution >= 0.6 is 7.60 Å². The molecule has 10 heteroatoms. The average Bonchev–Trinajstić information content (AvgIpc) is 2.78. The number of rotatable bonds is 5. The fourth-order valence-corrected chi connectivity index (χ4v) is 2.82. The molecule has 132 valence electrons. The number of hydrogen-bond donors (Lipinski definition) is 2. The molecule has 1 aromatic carbocycles. The molecule has 0 spiro atoms. The second-order valence-corrected chi connectivity index (χ2v) is 7.06. The zero-order chi connectivity index (χ0) is 18.9. The SMILES string of the molecule is CC(=O)C(=Cc1c(C)[nH]n(-c2ccc(P(=O)([O-])O)cc2)c1=O)C(C)=O.[Na+]. The van der Waals surface area contributed by atoms with E-state index in [-0.39, 0.29) is 46.0 Å². The van der Waals surface area contributed by atoms with Crippen LogP contribution in [-0.4, -0.2) is 26.2 Å². The van der Waals surface area contributed by atoms with E-state index in [9.17, 15) is 23.8 Å². The van der Waals surface area contributed by atoms with E-state index in [1.807, 2.05) is 0 Å². The fraction of sp³-hybridized carbons (Fsp3) is 0.188. The fourth-order valence-electron chi connectivity index (χ4n) is 2.30. The predicted molar refractivity (Wildman–Crippen MR) is 89.9 cm³/mol. The van der Waals surface area contributed by atoms with Crippen LogP contribution in [0.25, 0.3) is 11.8 Å². The summed E-state index contributed by atoms with van der Waals surface area (Å²) in [7, 11) is -4.62. The first-order chi connectivity index (χ1) is 11.5. The molecule has 0 amide bonds. The zero-order valence-electron chi connectivity index (χ0n) is 14.8. The van der Waals surface area contributed by atoms with Gasteiger partial charge in [0, 0.05) is 11.0 Å². The van der Waals surface area contributed by atoms with Gasteiger partial charge >= 0.3 is 29.6 Å². The van der Waals surface area contributed by atoms with Crippen molar-refractivity contribution < 1.29 is 53.5 Å². The van der Waals surface area contributed by atoms with Crippen LogP contribution in [0.2, 0.25) is 0 Å². The summed E-state index contributed by atoms with van der Waals surface area (Å²) in [6.45, 7) is 4.08. The first kappa shape index (κ1) is 22.5. The number of benzene rings is 1. The van der Waals surface area contributed by atoms with Gasteiger partial charge in [0.2, 0.25) is 0 Å². The van der Waals surface area contributed by atoms with Crippen LogP contribution in [0, 0.1) is 6.92 Å². The van der Waals surface area contributed by atoms with E-state index < -0.39 is 24.7 Å². The molecule has 0 bridgehead atoms. The summed E-state index contributed by atoms with van der Waals surface area (Å²) >= 11 is 0. The quantitative estimate of drug-likeness (QED) is 0.188. The van der Waals surface area contributed by atoms with E-state index in [1.54, 1.807) is 6.92 Å². The van der Waals surface area contributed by atoms with Crippen molar-refractivity contribution in [2.45, 2.75) is 20.8 Å². The van der Waals surface area contributed by atoms with E-state index in [4.69, 9.17) is 4.89 Å². The number of H-pyrrole nitrogens is 1. The number of carbonyl (C=O) groups is 2. The number of aromatic nitrogens is 2. The Bertz CT molecular complexity index is 965. The van der Waals surface area contributed by atoms with E-state index in [0.29, 0.717) is 11.4 Å². The molecular formula is C16H16N2NaO6P. The van der Waals surface area contributed by atoms with Gasteiger partial charge in [0.1, 0.15) is 0 Å². The number of allylic oxidation sites excluding steroid dienone is 1. The van der Waals surface area contributed by atoms with Crippen LogP contribution < -0.4 is 45.3 Å². The number of ketones is 2.